The minimum atomic E-state index is 0.864. The summed E-state index contributed by atoms with van der Waals surface area (Å²) in [5.74, 6) is 0. The van der Waals surface area contributed by atoms with Crippen molar-refractivity contribution in [2.75, 3.05) is 4.90 Å². The highest BCUT2D eigenvalue weighted by Gasteiger charge is 2.23. The van der Waals surface area contributed by atoms with Crippen LogP contribution >= 0.6 is 0 Å². The number of hydrogen-bond donors (Lipinski definition) is 0. The number of anilines is 3. The van der Waals surface area contributed by atoms with Crippen molar-refractivity contribution >= 4 is 71.7 Å². The molecule has 0 unspecified atom stereocenters. The Morgan fingerprint density at radius 1 is 0.327 bits per heavy atom. The SMILES string of the molecule is c1ccc(-c2ccc(N(c3ccc(-c4cccc5oc6ccccc6c45)cc3)c3ccc4oc5ccccc5c4c3-c3ccc4ccccc4c3)cc2)cc1. The Morgan fingerprint density at radius 3 is 1.60 bits per heavy atom. The van der Waals surface area contributed by atoms with Crippen LogP contribution in [-0.2, 0) is 0 Å². The van der Waals surface area contributed by atoms with Crippen molar-refractivity contribution < 1.29 is 8.83 Å². The van der Waals surface area contributed by atoms with Crippen LogP contribution in [0.3, 0.4) is 0 Å². The third kappa shape index (κ3) is 5.20. The van der Waals surface area contributed by atoms with Crippen LogP contribution in [0.15, 0.2) is 209 Å². The van der Waals surface area contributed by atoms with Gasteiger partial charge in [-0.05, 0) is 99.3 Å². The molecule has 258 valence electrons. The van der Waals surface area contributed by atoms with Crippen LogP contribution in [0.1, 0.15) is 0 Å². The molecule has 3 nitrogen and oxygen atoms in total. The first-order valence-electron chi connectivity index (χ1n) is 18.7. The summed E-state index contributed by atoms with van der Waals surface area (Å²) < 4.78 is 12.8. The number of benzene rings is 9. The van der Waals surface area contributed by atoms with E-state index >= 15 is 0 Å². The molecule has 9 aromatic carbocycles. The van der Waals surface area contributed by atoms with Gasteiger partial charge in [0.15, 0.2) is 0 Å². The molecule has 3 heteroatoms. The second-order valence-electron chi connectivity index (χ2n) is 14.1. The van der Waals surface area contributed by atoms with Crippen LogP contribution in [0.25, 0.3) is 88.0 Å². The van der Waals surface area contributed by atoms with Crippen molar-refractivity contribution in [1.82, 2.24) is 0 Å². The van der Waals surface area contributed by atoms with Gasteiger partial charge in [-0.2, -0.15) is 0 Å². The first-order chi connectivity index (χ1) is 27.3. The number of rotatable bonds is 6. The molecule has 11 aromatic rings. The predicted octanol–water partition coefficient (Wildman–Crippen LogP) is 15.1. The second kappa shape index (κ2) is 12.6. The molecule has 11 rings (SSSR count). The normalized spacial score (nSPS) is 11.6. The Kier molecular flexibility index (Phi) is 7.17. The maximum Gasteiger partial charge on any atom is 0.136 e. The molecule has 0 bridgehead atoms. The average Bonchev–Trinajstić information content (AvgIpc) is 3.83. The van der Waals surface area contributed by atoms with Gasteiger partial charge in [-0.15, -0.1) is 0 Å². The highest BCUT2D eigenvalue weighted by Crippen LogP contribution is 2.48. The zero-order valence-corrected chi connectivity index (χ0v) is 29.8. The zero-order chi connectivity index (χ0) is 36.3. The summed E-state index contributed by atoms with van der Waals surface area (Å²) in [6.45, 7) is 0. The molecule has 55 heavy (non-hydrogen) atoms. The van der Waals surface area contributed by atoms with Gasteiger partial charge in [0, 0.05) is 38.5 Å². The van der Waals surface area contributed by atoms with Crippen molar-refractivity contribution in [2.45, 2.75) is 0 Å². The maximum absolute atomic E-state index is 6.51. The van der Waals surface area contributed by atoms with E-state index in [1.54, 1.807) is 0 Å². The third-order valence-electron chi connectivity index (χ3n) is 10.9. The van der Waals surface area contributed by atoms with E-state index < -0.39 is 0 Å². The van der Waals surface area contributed by atoms with Crippen LogP contribution in [-0.4, -0.2) is 0 Å². The lowest BCUT2D eigenvalue weighted by Crippen LogP contribution is -2.11. The minimum Gasteiger partial charge on any atom is -0.456 e. The van der Waals surface area contributed by atoms with Gasteiger partial charge in [0.1, 0.15) is 22.3 Å². The minimum absolute atomic E-state index is 0.864. The lowest BCUT2D eigenvalue weighted by atomic mass is 9.94. The highest BCUT2D eigenvalue weighted by atomic mass is 16.3. The predicted molar refractivity (Wildman–Crippen MR) is 229 cm³/mol. The molecule has 2 heterocycles. The van der Waals surface area contributed by atoms with Gasteiger partial charge in [0.25, 0.3) is 0 Å². The quantitative estimate of drug-likeness (QED) is 0.173. The van der Waals surface area contributed by atoms with Crippen molar-refractivity contribution in [1.29, 1.82) is 0 Å². The zero-order valence-electron chi connectivity index (χ0n) is 29.8. The Balaban J connectivity index is 1.14. The fraction of sp³-hybridized carbons (Fsp3) is 0. The molecule has 0 fully saturated rings. The summed E-state index contributed by atoms with van der Waals surface area (Å²) >= 11 is 0. The van der Waals surface area contributed by atoms with E-state index in [1.807, 2.05) is 18.2 Å². The summed E-state index contributed by atoms with van der Waals surface area (Å²) in [5, 5.41) is 6.86. The molecule has 0 N–H and O–H groups in total. The fourth-order valence-corrected chi connectivity index (χ4v) is 8.30. The summed E-state index contributed by atoms with van der Waals surface area (Å²) in [6, 6.07) is 71.0. The third-order valence-corrected chi connectivity index (χ3v) is 10.9. The van der Waals surface area contributed by atoms with Crippen molar-refractivity contribution in [3.8, 4) is 33.4 Å². The van der Waals surface area contributed by atoms with Gasteiger partial charge in [-0.1, -0.05) is 140 Å². The molecule has 0 aliphatic heterocycles. The fourth-order valence-electron chi connectivity index (χ4n) is 8.30. The molecule has 2 aromatic heterocycles. The largest absolute Gasteiger partial charge is 0.456 e. The van der Waals surface area contributed by atoms with E-state index in [9.17, 15) is 0 Å². The van der Waals surface area contributed by atoms with Crippen LogP contribution in [0, 0.1) is 0 Å². The van der Waals surface area contributed by atoms with E-state index in [0.717, 1.165) is 83.2 Å². The van der Waals surface area contributed by atoms with Gasteiger partial charge >= 0.3 is 0 Å². The van der Waals surface area contributed by atoms with Crippen molar-refractivity contribution in [3.63, 3.8) is 0 Å². The van der Waals surface area contributed by atoms with Crippen LogP contribution < -0.4 is 4.90 Å². The molecular formula is C52H33NO2. The molecule has 0 aliphatic carbocycles. The highest BCUT2D eigenvalue weighted by molar-refractivity contribution is 6.17. The maximum atomic E-state index is 6.51. The molecular weight excluding hydrogens is 671 g/mol. The van der Waals surface area contributed by atoms with Gasteiger partial charge in [0.05, 0.1) is 5.69 Å². The number of furan rings is 2. The van der Waals surface area contributed by atoms with E-state index in [2.05, 4.69) is 187 Å². The molecule has 0 aliphatic rings. The smallest absolute Gasteiger partial charge is 0.136 e. The molecule has 0 saturated carbocycles. The summed E-state index contributed by atoms with van der Waals surface area (Å²) in [7, 11) is 0. The number of hydrogen-bond acceptors (Lipinski definition) is 3. The van der Waals surface area contributed by atoms with Crippen molar-refractivity contribution in [2.24, 2.45) is 0 Å². The van der Waals surface area contributed by atoms with Crippen LogP contribution in [0.5, 0.6) is 0 Å². The topological polar surface area (TPSA) is 29.5 Å². The standard InChI is InChI=1S/C52H33NO2/c1-2-11-34(12-3-1)36-23-27-40(28-24-36)53(41-29-25-37(26-30-41)42-17-10-20-48-51(42)43-15-6-8-18-46(43)54-48)45-31-32-49-52(44-16-7-9-19-47(44)55-49)50(45)39-22-21-35-13-4-5-14-38(35)33-39/h1-33H. The first kappa shape index (κ1) is 31.2. The Hall–Kier alpha value is -7.36. The molecule has 0 radical (unpaired) electrons. The van der Waals surface area contributed by atoms with Crippen LogP contribution in [0.2, 0.25) is 0 Å². The lowest BCUT2D eigenvalue weighted by molar-refractivity contribution is 0.668. The van der Waals surface area contributed by atoms with E-state index in [0.29, 0.717) is 0 Å². The molecule has 0 amide bonds. The van der Waals surface area contributed by atoms with Gasteiger partial charge in [0.2, 0.25) is 0 Å². The van der Waals surface area contributed by atoms with Gasteiger partial charge in [-0.3, -0.25) is 0 Å². The Bertz CT molecular complexity index is 3190. The monoisotopic (exact) mass is 703 g/mol. The van der Waals surface area contributed by atoms with Crippen molar-refractivity contribution in [3.05, 3.63) is 200 Å². The Labute approximate surface area is 317 Å². The second-order valence-corrected chi connectivity index (χ2v) is 14.1. The molecule has 0 spiro atoms. The van der Waals surface area contributed by atoms with Gasteiger partial charge in [-0.25, -0.2) is 0 Å². The Morgan fingerprint density at radius 2 is 0.873 bits per heavy atom. The number of para-hydroxylation sites is 2. The summed E-state index contributed by atoms with van der Waals surface area (Å²) in [4.78, 5) is 2.39. The average molecular weight is 704 g/mol. The van der Waals surface area contributed by atoms with E-state index in [4.69, 9.17) is 8.83 Å². The molecule has 0 saturated heterocycles. The summed E-state index contributed by atoms with van der Waals surface area (Å²) in [6.07, 6.45) is 0. The lowest BCUT2D eigenvalue weighted by Gasteiger charge is -2.29. The molecule has 0 atom stereocenters. The number of nitrogens with zero attached hydrogens (tertiary/aromatic N) is 1. The van der Waals surface area contributed by atoms with Gasteiger partial charge < -0.3 is 13.7 Å². The van der Waals surface area contributed by atoms with E-state index in [-0.39, 0.29) is 0 Å². The van der Waals surface area contributed by atoms with Crippen LogP contribution in [0.4, 0.5) is 17.1 Å². The first-order valence-corrected chi connectivity index (χ1v) is 18.7. The number of fused-ring (bicyclic) bond motifs is 7. The van der Waals surface area contributed by atoms with E-state index in [1.165, 1.54) is 21.9 Å². The summed E-state index contributed by atoms with van der Waals surface area (Å²) in [5.41, 5.74) is 13.6.